The Morgan fingerprint density at radius 1 is 1.52 bits per heavy atom. The molecule has 1 saturated heterocycles. The second-order valence-corrected chi connectivity index (χ2v) is 5.12. The molecular formula is C14H17N5O2. The van der Waals surface area contributed by atoms with E-state index >= 15 is 0 Å². The summed E-state index contributed by atoms with van der Waals surface area (Å²) in [5.74, 6) is -0.118. The van der Waals surface area contributed by atoms with Gasteiger partial charge in [-0.05, 0) is 48.4 Å². The number of hydrogen-bond donors (Lipinski definition) is 1. The lowest BCUT2D eigenvalue weighted by Gasteiger charge is -2.20. The summed E-state index contributed by atoms with van der Waals surface area (Å²) in [6.07, 6.45) is 3.65. The predicted octanol–water partition coefficient (Wildman–Crippen LogP) is 0.960. The van der Waals surface area contributed by atoms with Crippen LogP contribution < -0.4 is 5.32 Å². The van der Waals surface area contributed by atoms with Gasteiger partial charge in [0.1, 0.15) is 6.33 Å². The topological polar surface area (TPSA) is 81.9 Å². The van der Waals surface area contributed by atoms with Crippen LogP contribution in [0.15, 0.2) is 30.6 Å². The number of ether oxygens (including phenoxy) is 1. The number of amides is 1. The Hall–Kier alpha value is -2.28. The summed E-state index contributed by atoms with van der Waals surface area (Å²) in [5, 5.41) is 14.0. The Morgan fingerprint density at radius 2 is 2.43 bits per heavy atom. The molecule has 2 aromatic rings. The maximum Gasteiger partial charge on any atom is 0.251 e. The number of nitrogens with zero attached hydrogens (tertiary/aromatic N) is 4. The Balaban J connectivity index is 1.71. The monoisotopic (exact) mass is 287 g/mol. The Morgan fingerprint density at radius 3 is 3.14 bits per heavy atom. The van der Waals surface area contributed by atoms with Gasteiger partial charge in [0.05, 0.1) is 17.8 Å². The molecule has 1 fully saturated rings. The van der Waals surface area contributed by atoms with Crippen molar-refractivity contribution in [3.63, 3.8) is 0 Å². The molecule has 0 unspecified atom stereocenters. The third-order valence-corrected chi connectivity index (χ3v) is 3.60. The van der Waals surface area contributed by atoms with Gasteiger partial charge in [-0.15, -0.1) is 5.10 Å². The molecule has 1 aliphatic rings. The van der Waals surface area contributed by atoms with Crippen LogP contribution in [0.1, 0.15) is 30.1 Å². The quantitative estimate of drug-likeness (QED) is 0.905. The summed E-state index contributed by atoms with van der Waals surface area (Å²) < 4.78 is 7.10. The van der Waals surface area contributed by atoms with E-state index in [-0.39, 0.29) is 18.1 Å². The molecule has 2 atom stereocenters. The van der Waals surface area contributed by atoms with Gasteiger partial charge in [-0.3, -0.25) is 4.79 Å². The van der Waals surface area contributed by atoms with Gasteiger partial charge in [0.2, 0.25) is 0 Å². The van der Waals surface area contributed by atoms with Crippen molar-refractivity contribution in [1.82, 2.24) is 25.5 Å². The smallest absolute Gasteiger partial charge is 0.251 e. The minimum atomic E-state index is -0.118. The molecule has 7 heteroatoms. The van der Waals surface area contributed by atoms with E-state index in [9.17, 15) is 4.79 Å². The third kappa shape index (κ3) is 3.08. The zero-order valence-corrected chi connectivity index (χ0v) is 11.8. The van der Waals surface area contributed by atoms with Crippen LogP contribution in [0.3, 0.4) is 0 Å². The van der Waals surface area contributed by atoms with Gasteiger partial charge in [-0.1, -0.05) is 6.07 Å². The number of tetrazole rings is 1. The zero-order valence-electron chi connectivity index (χ0n) is 11.8. The molecule has 0 bridgehead atoms. The SMILES string of the molecule is C[C@@H](NC(=O)c1cccc(-n2cnnn2)c1)[C@H]1CCCO1. The van der Waals surface area contributed by atoms with Gasteiger partial charge < -0.3 is 10.1 Å². The van der Waals surface area contributed by atoms with Gasteiger partial charge in [0, 0.05) is 12.2 Å². The van der Waals surface area contributed by atoms with E-state index in [1.807, 2.05) is 19.1 Å². The highest BCUT2D eigenvalue weighted by atomic mass is 16.5. The van der Waals surface area contributed by atoms with E-state index in [0.717, 1.165) is 25.1 Å². The molecule has 0 aliphatic carbocycles. The summed E-state index contributed by atoms with van der Waals surface area (Å²) in [5.41, 5.74) is 1.32. The Labute approximate surface area is 122 Å². The highest BCUT2D eigenvalue weighted by Gasteiger charge is 2.24. The molecule has 1 N–H and O–H groups in total. The summed E-state index contributed by atoms with van der Waals surface area (Å²) in [4.78, 5) is 12.3. The van der Waals surface area contributed by atoms with Gasteiger partial charge in [0.15, 0.2) is 0 Å². The van der Waals surface area contributed by atoms with E-state index in [0.29, 0.717) is 5.56 Å². The van der Waals surface area contributed by atoms with Crippen LogP contribution in [0.5, 0.6) is 0 Å². The lowest BCUT2D eigenvalue weighted by atomic mass is 10.1. The second-order valence-electron chi connectivity index (χ2n) is 5.12. The maximum absolute atomic E-state index is 12.3. The fraction of sp³-hybridized carbons (Fsp3) is 0.429. The molecule has 21 heavy (non-hydrogen) atoms. The minimum absolute atomic E-state index is 0.00306. The molecule has 2 heterocycles. The zero-order chi connectivity index (χ0) is 14.7. The first-order valence-electron chi connectivity index (χ1n) is 7.00. The average molecular weight is 287 g/mol. The van der Waals surface area contributed by atoms with Crippen LogP contribution in [0, 0.1) is 0 Å². The van der Waals surface area contributed by atoms with Gasteiger partial charge >= 0.3 is 0 Å². The van der Waals surface area contributed by atoms with Crippen molar-refractivity contribution < 1.29 is 9.53 Å². The fourth-order valence-corrected chi connectivity index (χ4v) is 2.45. The van der Waals surface area contributed by atoms with E-state index in [2.05, 4.69) is 20.8 Å². The lowest BCUT2D eigenvalue weighted by molar-refractivity contribution is 0.0712. The Bertz CT molecular complexity index is 608. The van der Waals surface area contributed by atoms with Gasteiger partial charge in [-0.2, -0.15) is 0 Å². The highest BCUT2D eigenvalue weighted by Crippen LogP contribution is 2.16. The number of carbonyl (C=O) groups is 1. The summed E-state index contributed by atoms with van der Waals surface area (Å²) >= 11 is 0. The van der Waals surface area contributed by atoms with Crippen molar-refractivity contribution >= 4 is 5.91 Å². The molecule has 0 saturated carbocycles. The molecule has 0 radical (unpaired) electrons. The van der Waals surface area contributed by atoms with Crippen LogP contribution in [0.25, 0.3) is 5.69 Å². The molecule has 0 spiro atoms. The molecule has 110 valence electrons. The van der Waals surface area contributed by atoms with E-state index < -0.39 is 0 Å². The van der Waals surface area contributed by atoms with Gasteiger partial charge in [0.25, 0.3) is 5.91 Å². The first kappa shape index (κ1) is 13.7. The first-order valence-corrected chi connectivity index (χ1v) is 7.00. The van der Waals surface area contributed by atoms with Crippen LogP contribution in [-0.4, -0.2) is 44.9 Å². The lowest BCUT2D eigenvalue weighted by Crippen LogP contribution is -2.40. The molecule has 7 nitrogen and oxygen atoms in total. The van der Waals surface area contributed by atoms with Crippen molar-refractivity contribution in [2.24, 2.45) is 0 Å². The third-order valence-electron chi connectivity index (χ3n) is 3.60. The average Bonchev–Trinajstić information content (AvgIpc) is 3.20. The Kier molecular flexibility index (Phi) is 3.92. The molecular weight excluding hydrogens is 270 g/mol. The molecule has 3 rings (SSSR count). The molecule has 1 amide bonds. The predicted molar refractivity (Wildman–Crippen MR) is 75.1 cm³/mol. The van der Waals surface area contributed by atoms with Crippen molar-refractivity contribution in [1.29, 1.82) is 0 Å². The summed E-state index contributed by atoms with van der Waals surface area (Å²) in [6, 6.07) is 7.18. The fourth-order valence-electron chi connectivity index (χ4n) is 2.45. The van der Waals surface area contributed by atoms with Crippen LogP contribution in [0.2, 0.25) is 0 Å². The van der Waals surface area contributed by atoms with Crippen LogP contribution in [0.4, 0.5) is 0 Å². The largest absolute Gasteiger partial charge is 0.376 e. The van der Waals surface area contributed by atoms with E-state index in [1.165, 1.54) is 11.0 Å². The van der Waals surface area contributed by atoms with Crippen molar-refractivity contribution in [2.75, 3.05) is 6.61 Å². The summed E-state index contributed by atoms with van der Waals surface area (Å²) in [6.45, 7) is 2.75. The van der Waals surface area contributed by atoms with Crippen molar-refractivity contribution in [3.8, 4) is 5.69 Å². The highest BCUT2D eigenvalue weighted by molar-refractivity contribution is 5.94. The number of hydrogen-bond acceptors (Lipinski definition) is 5. The number of benzene rings is 1. The second kappa shape index (κ2) is 6.01. The summed E-state index contributed by atoms with van der Waals surface area (Å²) in [7, 11) is 0. The number of aromatic nitrogens is 4. The first-order chi connectivity index (χ1) is 10.2. The van der Waals surface area contributed by atoms with Gasteiger partial charge in [-0.25, -0.2) is 4.68 Å². The molecule has 1 aromatic heterocycles. The molecule has 1 aliphatic heterocycles. The number of nitrogens with one attached hydrogen (secondary N) is 1. The number of rotatable bonds is 4. The number of carbonyl (C=O) groups excluding carboxylic acids is 1. The van der Waals surface area contributed by atoms with E-state index in [4.69, 9.17) is 4.74 Å². The van der Waals surface area contributed by atoms with E-state index in [1.54, 1.807) is 12.1 Å². The van der Waals surface area contributed by atoms with Crippen molar-refractivity contribution in [2.45, 2.75) is 31.9 Å². The van der Waals surface area contributed by atoms with Crippen LogP contribution in [-0.2, 0) is 4.74 Å². The van der Waals surface area contributed by atoms with Crippen molar-refractivity contribution in [3.05, 3.63) is 36.2 Å². The maximum atomic E-state index is 12.3. The minimum Gasteiger partial charge on any atom is -0.376 e. The van der Waals surface area contributed by atoms with Crippen LogP contribution >= 0.6 is 0 Å². The standard InChI is InChI=1S/C14H17N5O2/c1-10(13-6-3-7-21-13)16-14(20)11-4-2-5-12(8-11)19-9-15-17-18-19/h2,4-5,8-10,13H,3,6-7H2,1H3,(H,16,20)/t10-,13-/m1/s1. The molecule has 1 aromatic carbocycles. The normalized spacial score (nSPS) is 19.4.